The molecular formula is C8H7F4NO. The van der Waals surface area contributed by atoms with E-state index in [1.807, 2.05) is 0 Å². The Kier molecular flexibility index (Phi) is 2.66. The van der Waals surface area contributed by atoms with Crippen LogP contribution in [-0.2, 0) is 0 Å². The number of rotatable bonds is 1. The molecule has 0 saturated carbocycles. The number of alkyl halides is 3. The fraction of sp³-hybridized carbons (Fsp3) is 0.250. The third-order valence-corrected chi connectivity index (χ3v) is 1.71. The van der Waals surface area contributed by atoms with Crippen LogP contribution in [0.1, 0.15) is 11.6 Å². The highest BCUT2D eigenvalue weighted by molar-refractivity contribution is 5.36. The van der Waals surface area contributed by atoms with Gasteiger partial charge in [-0.1, -0.05) is 12.1 Å². The van der Waals surface area contributed by atoms with Gasteiger partial charge in [0.25, 0.3) is 0 Å². The summed E-state index contributed by atoms with van der Waals surface area (Å²) in [5.74, 6) is -2.18. The molecular weight excluding hydrogens is 202 g/mol. The summed E-state index contributed by atoms with van der Waals surface area (Å²) >= 11 is 0. The minimum atomic E-state index is -4.70. The minimum absolute atomic E-state index is 0.669. The van der Waals surface area contributed by atoms with Gasteiger partial charge in [-0.2, -0.15) is 13.2 Å². The lowest BCUT2D eigenvalue weighted by molar-refractivity contribution is -0.149. The minimum Gasteiger partial charge on any atom is -0.505 e. The van der Waals surface area contributed by atoms with Crippen LogP contribution < -0.4 is 5.73 Å². The van der Waals surface area contributed by atoms with E-state index >= 15 is 0 Å². The second kappa shape index (κ2) is 3.45. The van der Waals surface area contributed by atoms with Gasteiger partial charge in [0.05, 0.1) is 0 Å². The van der Waals surface area contributed by atoms with Crippen LogP contribution in [0.3, 0.4) is 0 Å². The molecule has 0 radical (unpaired) electrons. The summed E-state index contributed by atoms with van der Waals surface area (Å²) in [4.78, 5) is 0. The Hall–Kier alpha value is -1.30. The third kappa shape index (κ3) is 1.95. The molecule has 14 heavy (non-hydrogen) atoms. The second-order valence-corrected chi connectivity index (χ2v) is 2.70. The Morgan fingerprint density at radius 3 is 2.36 bits per heavy atom. The Bertz CT molecular complexity index is 337. The average molecular weight is 209 g/mol. The van der Waals surface area contributed by atoms with Gasteiger partial charge in [-0.05, 0) is 6.07 Å². The van der Waals surface area contributed by atoms with Crippen molar-refractivity contribution in [3.8, 4) is 5.75 Å². The summed E-state index contributed by atoms with van der Waals surface area (Å²) in [5.41, 5.74) is 4.12. The molecule has 0 heterocycles. The van der Waals surface area contributed by atoms with Crippen molar-refractivity contribution in [2.75, 3.05) is 0 Å². The smallest absolute Gasteiger partial charge is 0.407 e. The first-order chi connectivity index (χ1) is 6.34. The van der Waals surface area contributed by atoms with Gasteiger partial charge in [0, 0.05) is 5.56 Å². The number of benzene rings is 1. The fourth-order valence-corrected chi connectivity index (χ4v) is 0.959. The topological polar surface area (TPSA) is 46.2 Å². The van der Waals surface area contributed by atoms with Gasteiger partial charge >= 0.3 is 6.18 Å². The molecule has 0 spiro atoms. The molecule has 6 heteroatoms. The Balaban J connectivity index is 3.14. The summed E-state index contributed by atoms with van der Waals surface area (Å²) in [5, 5.41) is 8.98. The summed E-state index contributed by atoms with van der Waals surface area (Å²) in [6.45, 7) is 0. The zero-order valence-corrected chi connectivity index (χ0v) is 6.85. The lowest BCUT2D eigenvalue weighted by atomic mass is 10.1. The van der Waals surface area contributed by atoms with Gasteiger partial charge in [-0.25, -0.2) is 4.39 Å². The molecule has 0 bridgehead atoms. The van der Waals surface area contributed by atoms with Gasteiger partial charge < -0.3 is 10.8 Å². The normalized spacial score (nSPS) is 14.1. The molecule has 1 unspecified atom stereocenters. The van der Waals surface area contributed by atoms with Crippen molar-refractivity contribution in [2.24, 2.45) is 5.73 Å². The molecule has 0 aliphatic rings. The van der Waals surface area contributed by atoms with Crippen LogP contribution in [0.15, 0.2) is 18.2 Å². The SMILES string of the molecule is NC(c1cccc(F)c1O)C(F)(F)F. The van der Waals surface area contributed by atoms with Crippen LogP contribution in [0.5, 0.6) is 5.75 Å². The van der Waals surface area contributed by atoms with Crippen molar-refractivity contribution < 1.29 is 22.7 Å². The number of phenols is 1. The zero-order chi connectivity index (χ0) is 10.9. The molecule has 0 aromatic heterocycles. The van der Waals surface area contributed by atoms with Crippen molar-refractivity contribution in [1.29, 1.82) is 0 Å². The van der Waals surface area contributed by atoms with Crippen LogP contribution in [-0.4, -0.2) is 11.3 Å². The third-order valence-electron chi connectivity index (χ3n) is 1.71. The molecule has 2 nitrogen and oxygen atoms in total. The van der Waals surface area contributed by atoms with Crippen LogP contribution in [0.2, 0.25) is 0 Å². The molecule has 1 aromatic rings. The van der Waals surface area contributed by atoms with Crippen molar-refractivity contribution in [2.45, 2.75) is 12.2 Å². The van der Waals surface area contributed by atoms with Crippen LogP contribution >= 0.6 is 0 Å². The second-order valence-electron chi connectivity index (χ2n) is 2.70. The van der Waals surface area contributed by atoms with Gasteiger partial charge in [-0.15, -0.1) is 0 Å². The molecule has 0 aliphatic heterocycles. The molecule has 3 N–H and O–H groups in total. The monoisotopic (exact) mass is 209 g/mol. The first-order valence-electron chi connectivity index (χ1n) is 3.63. The Morgan fingerprint density at radius 2 is 1.86 bits per heavy atom. The number of hydrogen-bond donors (Lipinski definition) is 2. The number of halogens is 4. The molecule has 0 saturated heterocycles. The highest BCUT2D eigenvalue weighted by Gasteiger charge is 2.39. The average Bonchev–Trinajstić information content (AvgIpc) is 2.07. The van der Waals surface area contributed by atoms with Crippen LogP contribution in [0.4, 0.5) is 17.6 Å². The zero-order valence-electron chi connectivity index (χ0n) is 6.85. The van der Waals surface area contributed by atoms with E-state index in [0.29, 0.717) is 0 Å². The van der Waals surface area contributed by atoms with E-state index in [1.54, 1.807) is 0 Å². The maximum Gasteiger partial charge on any atom is 0.407 e. The van der Waals surface area contributed by atoms with Crippen molar-refractivity contribution in [3.05, 3.63) is 29.6 Å². The van der Waals surface area contributed by atoms with Crippen molar-refractivity contribution in [3.63, 3.8) is 0 Å². The summed E-state index contributed by atoms with van der Waals surface area (Å²) in [6, 6.07) is 0.451. The van der Waals surface area contributed by atoms with E-state index in [1.165, 1.54) is 0 Å². The number of phenolic OH excluding ortho intramolecular Hbond substituents is 1. The molecule has 0 amide bonds. The van der Waals surface area contributed by atoms with Crippen molar-refractivity contribution >= 4 is 0 Å². The number of aromatic hydroxyl groups is 1. The molecule has 1 atom stereocenters. The predicted octanol–water partition coefficient (Wildman–Crippen LogP) is 2.09. The van der Waals surface area contributed by atoms with E-state index in [2.05, 4.69) is 0 Å². The van der Waals surface area contributed by atoms with Gasteiger partial charge in [-0.3, -0.25) is 0 Å². The predicted molar refractivity (Wildman–Crippen MR) is 41.0 cm³/mol. The first-order valence-corrected chi connectivity index (χ1v) is 3.63. The fourth-order valence-electron chi connectivity index (χ4n) is 0.959. The van der Waals surface area contributed by atoms with E-state index in [9.17, 15) is 17.6 Å². The van der Waals surface area contributed by atoms with E-state index < -0.39 is 29.3 Å². The number of hydrogen-bond acceptors (Lipinski definition) is 2. The maximum atomic E-state index is 12.7. The molecule has 1 aromatic carbocycles. The van der Waals surface area contributed by atoms with E-state index in [4.69, 9.17) is 10.8 Å². The number of nitrogens with two attached hydrogens (primary N) is 1. The Morgan fingerprint density at radius 1 is 1.29 bits per heavy atom. The van der Waals surface area contributed by atoms with Crippen LogP contribution in [0, 0.1) is 5.82 Å². The standard InChI is InChI=1S/C8H7F4NO/c9-5-3-1-2-4(6(5)14)7(13)8(10,11)12/h1-3,7,14H,13H2. The summed E-state index contributed by atoms with van der Waals surface area (Å²) in [7, 11) is 0. The summed E-state index contributed by atoms with van der Waals surface area (Å²) < 4.78 is 48.9. The van der Waals surface area contributed by atoms with E-state index in [-0.39, 0.29) is 0 Å². The highest BCUT2D eigenvalue weighted by atomic mass is 19.4. The van der Waals surface area contributed by atoms with Crippen molar-refractivity contribution in [1.82, 2.24) is 0 Å². The van der Waals surface area contributed by atoms with Crippen LogP contribution in [0.25, 0.3) is 0 Å². The molecule has 78 valence electrons. The van der Waals surface area contributed by atoms with Gasteiger partial charge in [0.1, 0.15) is 6.04 Å². The lowest BCUT2D eigenvalue weighted by Crippen LogP contribution is -2.28. The Labute approximate surface area is 77.0 Å². The molecule has 1 rings (SSSR count). The first kappa shape index (κ1) is 10.8. The molecule has 0 fully saturated rings. The summed E-state index contributed by atoms with van der Waals surface area (Å²) in [6.07, 6.45) is -4.70. The highest BCUT2D eigenvalue weighted by Crippen LogP contribution is 2.35. The number of para-hydroxylation sites is 1. The lowest BCUT2D eigenvalue weighted by Gasteiger charge is -2.16. The van der Waals surface area contributed by atoms with Gasteiger partial charge in [0.15, 0.2) is 11.6 Å². The quantitative estimate of drug-likeness (QED) is 0.695. The molecule has 0 aliphatic carbocycles. The van der Waals surface area contributed by atoms with Gasteiger partial charge in [0.2, 0.25) is 0 Å². The maximum absolute atomic E-state index is 12.7. The van der Waals surface area contributed by atoms with E-state index in [0.717, 1.165) is 18.2 Å². The largest absolute Gasteiger partial charge is 0.505 e.